The molecule has 1 aromatic rings. The summed E-state index contributed by atoms with van der Waals surface area (Å²) < 4.78 is 0.810. The summed E-state index contributed by atoms with van der Waals surface area (Å²) in [5, 5.41) is 0. The third-order valence-corrected chi connectivity index (χ3v) is 3.25. The van der Waals surface area contributed by atoms with Crippen LogP contribution in [0.5, 0.6) is 0 Å². The summed E-state index contributed by atoms with van der Waals surface area (Å²) in [6.07, 6.45) is 2.53. The molecule has 0 amide bonds. The Balaban J connectivity index is 2.35. The van der Waals surface area contributed by atoms with Crippen LogP contribution in [0, 0.1) is 0 Å². The molecule has 0 unspecified atom stereocenters. The van der Waals surface area contributed by atoms with Crippen molar-refractivity contribution in [2.45, 2.75) is 31.6 Å². The number of hydrogen-bond acceptors (Lipinski definition) is 2. The van der Waals surface area contributed by atoms with E-state index in [4.69, 9.17) is 0 Å². The van der Waals surface area contributed by atoms with E-state index in [1.807, 2.05) is 25.1 Å². The summed E-state index contributed by atoms with van der Waals surface area (Å²) in [5.74, 6) is 0.322. The average Bonchev–Trinajstić information content (AvgIpc) is 2.97. The molecule has 14 heavy (non-hydrogen) atoms. The van der Waals surface area contributed by atoms with Gasteiger partial charge in [-0.25, -0.2) is 4.98 Å². The summed E-state index contributed by atoms with van der Waals surface area (Å²) in [6.45, 7) is 1.92. The first-order valence-corrected chi connectivity index (χ1v) is 5.65. The van der Waals surface area contributed by atoms with E-state index < -0.39 is 0 Å². The molecule has 0 spiro atoms. The molecule has 0 atom stereocenters. The monoisotopic (exact) mass is 253 g/mol. The molecular weight excluding hydrogens is 242 g/mol. The number of hydrogen-bond donors (Lipinski definition) is 0. The van der Waals surface area contributed by atoms with Crippen LogP contribution in [0.25, 0.3) is 0 Å². The standard InChI is InChI=1S/C11H12BrNO/c1-2-9(14)11(6-7-11)8-4-3-5-10(12)13-8/h3-5H,2,6-7H2,1H3. The molecule has 1 fully saturated rings. The van der Waals surface area contributed by atoms with Crippen molar-refractivity contribution in [1.29, 1.82) is 0 Å². The fraction of sp³-hybridized carbons (Fsp3) is 0.455. The maximum absolute atomic E-state index is 11.8. The molecule has 1 aliphatic rings. The van der Waals surface area contributed by atoms with Crippen molar-refractivity contribution in [2.75, 3.05) is 0 Å². The lowest BCUT2D eigenvalue weighted by molar-refractivity contribution is -0.121. The van der Waals surface area contributed by atoms with Crippen molar-refractivity contribution in [2.24, 2.45) is 0 Å². The molecule has 2 rings (SSSR count). The normalized spacial score (nSPS) is 17.9. The van der Waals surface area contributed by atoms with Crippen LogP contribution in [0.15, 0.2) is 22.8 Å². The molecule has 2 nitrogen and oxygen atoms in total. The molecule has 0 aromatic carbocycles. The van der Waals surface area contributed by atoms with Gasteiger partial charge in [0.05, 0.1) is 11.1 Å². The van der Waals surface area contributed by atoms with E-state index in [2.05, 4.69) is 20.9 Å². The molecule has 1 aliphatic carbocycles. The van der Waals surface area contributed by atoms with Crippen LogP contribution in [0.2, 0.25) is 0 Å². The first kappa shape index (κ1) is 9.84. The van der Waals surface area contributed by atoms with Gasteiger partial charge >= 0.3 is 0 Å². The minimum Gasteiger partial charge on any atom is -0.299 e. The van der Waals surface area contributed by atoms with Crippen molar-refractivity contribution in [3.63, 3.8) is 0 Å². The minimum atomic E-state index is -0.238. The second-order valence-corrected chi connectivity index (χ2v) is 4.52. The number of ketones is 1. The molecule has 0 saturated heterocycles. The van der Waals surface area contributed by atoms with Crippen molar-refractivity contribution in [3.05, 3.63) is 28.5 Å². The van der Waals surface area contributed by atoms with Gasteiger partial charge in [0.2, 0.25) is 0 Å². The maximum atomic E-state index is 11.8. The van der Waals surface area contributed by atoms with Gasteiger partial charge in [0.15, 0.2) is 0 Å². The Labute approximate surface area is 91.9 Å². The van der Waals surface area contributed by atoms with Crippen molar-refractivity contribution in [1.82, 2.24) is 4.98 Å². The molecule has 74 valence electrons. The van der Waals surface area contributed by atoms with Gasteiger partial charge in [0, 0.05) is 6.42 Å². The largest absolute Gasteiger partial charge is 0.299 e. The van der Waals surface area contributed by atoms with Crippen molar-refractivity contribution >= 4 is 21.7 Å². The number of aromatic nitrogens is 1. The van der Waals surface area contributed by atoms with E-state index in [1.54, 1.807) is 0 Å². The Morgan fingerprint density at radius 3 is 2.79 bits per heavy atom. The lowest BCUT2D eigenvalue weighted by atomic mass is 9.94. The quantitative estimate of drug-likeness (QED) is 0.776. The summed E-state index contributed by atoms with van der Waals surface area (Å²) >= 11 is 3.33. The number of rotatable bonds is 3. The fourth-order valence-electron chi connectivity index (χ4n) is 1.82. The lowest BCUT2D eigenvalue weighted by Gasteiger charge is -2.11. The number of halogens is 1. The van der Waals surface area contributed by atoms with Gasteiger partial charge in [-0.05, 0) is 40.9 Å². The van der Waals surface area contributed by atoms with Gasteiger partial charge in [-0.3, -0.25) is 4.79 Å². The summed E-state index contributed by atoms with van der Waals surface area (Å²) in [6, 6.07) is 5.77. The number of carbonyl (C=O) groups excluding carboxylic acids is 1. The lowest BCUT2D eigenvalue weighted by Crippen LogP contribution is -2.20. The van der Waals surface area contributed by atoms with Crippen LogP contribution in [0.4, 0.5) is 0 Å². The predicted molar refractivity (Wildman–Crippen MR) is 58.1 cm³/mol. The minimum absolute atomic E-state index is 0.238. The first-order valence-electron chi connectivity index (χ1n) is 4.85. The Morgan fingerprint density at radius 1 is 1.57 bits per heavy atom. The van der Waals surface area contributed by atoms with Gasteiger partial charge in [-0.2, -0.15) is 0 Å². The van der Waals surface area contributed by atoms with Crippen LogP contribution >= 0.6 is 15.9 Å². The zero-order chi connectivity index (χ0) is 10.2. The van der Waals surface area contributed by atoms with Crippen LogP contribution < -0.4 is 0 Å². The Hall–Kier alpha value is -0.700. The highest BCUT2D eigenvalue weighted by Gasteiger charge is 2.51. The molecule has 1 heterocycles. The maximum Gasteiger partial charge on any atom is 0.144 e. The highest BCUT2D eigenvalue weighted by molar-refractivity contribution is 9.10. The Kier molecular flexibility index (Phi) is 2.43. The SMILES string of the molecule is CCC(=O)C1(c2cccc(Br)n2)CC1. The third-order valence-electron chi connectivity index (χ3n) is 2.81. The van der Waals surface area contributed by atoms with E-state index >= 15 is 0 Å². The molecule has 0 radical (unpaired) electrons. The highest BCUT2D eigenvalue weighted by Crippen LogP contribution is 2.48. The number of carbonyl (C=O) groups is 1. The molecule has 1 saturated carbocycles. The van der Waals surface area contributed by atoms with Gasteiger partial charge in [-0.15, -0.1) is 0 Å². The van der Waals surface area contributed by atoms with E-state index in [0.717, 1.165) is 23.1 Å². The number of Topliss-reactive ketones (excluding diaryl/α,β-unsaturated/α-hetero) is 1. The van der Waals surface area contributed by atoms with E-state index in [9.17, 15) is 4.79 Å². The average molecular weight is 254 g/mol. The third kappa shape index (κ3) is 1.50. The summed E-state index contributed by atoms with van der Waals surface area (Å²) in [5.41, 5.74) is 0.692. The predicted octanol–water partition coefficient (Wildman–Crippen LogP) is 2.85. The zero-order valence-electron chi connectivity index (χ0n) is 8.09. The molecule has 1 aromatic heterocycles. The smallest absolute Gasteiger partial charge is 0.144 e. The van der Waals surface area contributed by atoms with Gasteiger partial charge < -0.3 is 0 Å². The van der Waals surface area contributed by atoms with Crippen molar-refractivity contribution < 1.29 is 4.79 Å². The van der Waals surface area contributed by atoms with Crippen LogP contribution in [-0.4, -0.2) is 10.8 Å². The Morgan fingerprint density at radius 2 is 2.29 bits per heavy atom. The molecule has 3 heteroatoms. The number of nitrogens with zero attached hydrogens (tertiary/aromatic N) is 1. The van der Waals surface area contributed by atoms with E-state index in [1.165, 1.54) is 0 Å². The van der Waals surface area contributed by atoms with Gasteiger partial charge in [0.25, 0.3) is 0 Å². The van der Waals surface area contributed by atoms with Crippen LogP contribution in [0.3, 0.4) is 0 Å². The second kappa shape index (κ2) is 3.46. The van der Waals surface area contributed by atoms with E-state index in [-0.39, 0.29) is 5.41 Å². The summed E-state index contributed by atoms with van der Waals surface area (Å²) in [7, 11) is 0. The van der Waals surface area contributed by atoms with Gasteiger partial charge in [-0.1, -0.05) is 13.0 Å². The van der Waals surface area contributed by atoms with Crippen molar-refractivity contribution in [3.8, 4) is 0 Å². The highest BCUT2D eigenvalue weighted by atomic mass is 79.9. The molecule has 0 bridgehead atoms. The second-order valence-electron chi connectivity index (χ2n) is 3.70. The zero-order valence-corrected chi connectivity index (χ0v) is 9.67. The van der Waals surface area contributed by atoms with Crippen LogP contribution in [0.1, 0.15) is 31.9 Å². The fourth-order valence-corrected chi connectivity index (χ4v) is 2.16. The van der Waals surface area contributed by atoms with Crippen LogP contribution in [-0.2, 0) is 10.2 Å². The molecular formula is C11H12BrNO. The summed E-state index contributed by atoms with van der Waals surface area (Å²) in [4.78, 5) is 16.1. The topological polar surface area (TPSA) is 30.0 Å². The molecule has 0 aliphatic heterocycles. The first-order chi connectivity index (χ1) is 6.69. The Bertz CT molecular complexity index is 371. The molecule has 0 N–H and O–H groups in total. The number of pyridine rings is 1. The van der Waals surface area contributed by atoms with Gasteiger partial charge in [0.1, 0.15) is 10.4 Å². The van der Waals surface area contributed by atoms with E-state index in [0.29, 0.717) is 12.2 Å².